The van der Waals surface area contributed by atoms with E-state index in [0.717, 1.165) is 6.07 Å². The second kappa shape index (κ2) is 3.51. The molecule has 12 heavy (non-hydrogen) atoms. The molecule has 0 radical (unpaired) electrons. The Morgan fingerprint density at radius 2 is 2.17 bits per heavy atom. The standard InChI is InChI=1S/C8H10FNO2/c9-6-3-5(7(10)4-11)1-2-8(6)12/h1-3,7,11-12H,4,10H2. The lowest BCUT2D eigenvalue weighted by Crippen LogP contribution is -2.14. The predicted molar refractivity (Wildman–Crippen MR) is 42.1 cm³/mol. The molecule has 1 aromatic rings. The number of nitrogens with two attached hydrogens (primary N) is 1. The summed E-state index contributed by atoms with van der Waals surface area (Å²) >= 11 is 0. The zero-order valence-corrected chi connectivity index (χ0v) is 6.37. The van der Waals surface area contributed by atoms with Gasteiger partial charge in [-0.15, -0.1) is 0 Å². The molecule has 1 unspecified atom stereocenters. The molecule has 1 atom stereocenters. The third-order valence-corrected chi connectivity index (χ3v) is 1.60. The topological polar surface area (TPSA) is 66.5 Å². The van der Waals surface area contributed by atoms with Gasteiger partial charge in [0.25, 0.3) is 0 Å². The number of phenols is 1. The van der Waals surface area contributed by atoms with E-state index < -0.39 is 17.6 Å². The average Bonchev–Trinajstić information content (AvgIpc) is 2.08. The molecule has 0 saturated heterocycles. The second-order valence-corrected chi connectivity index (χ2v) is 2.50. The maximum atomic E-state index is 12.7. The van der Waals surface area contributed by atoms with Crippen LogP contribution in [-0.4, -0.2) is 16.8 Å². The van der Waals surface area contributed by atoms with E-state index in [1.54, 1.807) is 0 Å². The number of hydrogen-bond donors (Lipinski definition) is 3. The Balaban J connectivity index is 2.96. The Labute approximate surface area is 69.3 Å². The monoisotopic (exact) mass is 171 g/mol. The number of rotatable bonds is 2. The molecule has 3 nitrogen and oxygen atoms in total. The van der Waals surface area contributed by atoms with Crippen molar-refractivity contribution in [2.45, 2.75) is 6.04 Å². The van der Waals surface area contributed by atoms with E-state index in [2.05, 4.69) is 0 Å². The van der Waals surface area contributed by atoms with Crippen molar-refractivity contribution in [3.63, 3.8) is 0 Å². The van der Waals surface area contributed by atoms with Gasteiger partial charge in [0.15, 0.2) is 11.6 Å². The largest absolute Gasteiger partial charge is 0.505 e. The molecule has 4 heteroatoms. The summed E-state index contributed by atoms with van der Waals surface area (Å²) in [6.45, 7) is -0.246. The molecule has 0 spiro atoms. The molecule has 1 aromatic carbocycles. The first kappa shape index (κ1) is 8.96. The van der Waals surface area contributed by atoms with E-state index in [9.17, 15) is 4.39 Å². The third kappa shape index (κ3) is 1.72. The van der Waals surface area contributed by atoms with Crippen LogP contribution in [0.3, 0.4) is 0 Å². The van der Waals surface area contributed by atoms with Crippen molar-refractivity contribution in [3.05, 3.63) is 29.6 Å². The SMILES string of the molecule is NC(CO)c1ccc(O)c(F)c1. The van der Waals surface area contributed by atoms with Crippen LogP contribution in [0.25, 0.3) is 0 Å². The molecule has 0 aliphatic rings. The summed E-state index contributed by atoms with van der Waals surface area (Å²) in [5, 5.41) is 17.5. The molecular formula is C8H10FNO2. The summed E-state index contributed by atoms with van der Waals surface area (Å²) in [6.07, 6.45) is 0. The highest BCUT2D eigenvalue weighted by molar-refractivity contribution is 5.29. The fraction of sp³-hybridized carbons (Fsp3) is 0.250. The molecular weight excluding hydrogens is 161 g/mol. The molecule has 0 aromatic heterocycles. The number of phenolic OH excluding ortho intramolecular Hbond substituents is 1. The number of halogens is 1. The number of benzene rings is 1. The lowest BCUT2D eigenvalue weighted by Gasteiger charge is -2.08. The van der Waals surface area contributed by atoms with Crippen LogP contribution in [0.15, 0.2) is 18.2 Å². The molecule has 66 valence electrons. The number of aliphatic hydroxyl groups is 1. The Hall–Kier alpha value is -1.13. The van der Waals surface area contributed by atoms with Gasteiger partial charge in [0.1, 0.15) is 0 Å². The molecule has 0 saturated carbocycles. The highest BCUT2D eigenvalue weighted by atomic mass is 19.1. The van der Waals surface area contributed by atoms with Gasteiger partial charge in [0, 0.05) is 0 Å². The van der Waals surface area contributed by atoms with E-state index >= 15 is 0 Å². The molecule has 1 rings (SSSR count). The van der Waals surface area contributed by atoms with Crippen molar-refractivity contribution in [3.8, 4) is 5.75 Å². The summed E-state index contributed by atoms with van der Waals surface area (Å²) in [4.78, 5) is 0. The zero-order valence-electron chi connectivity index (χ0n) is 6.37. The molecule has 0 heterocycles. The van der Waals surface area contributed by atoms with Crippen LogP contribution >= 0.6 is 0 Å². The summed E-state index contributed by atoms with van der Waals surface area (Å²) in [5.41, 5.74) is 5.88. The fourth-order valence-electron chi connectivity index (χ4n) is 0.859. The van der Waals surface area contributed by atoms with E-state index in [4.69, 9.17) is 15.9 Å². The van der Waals surface area contributed by atoms with Crippen molar-refractivity contribution in [1.82, 2.24) is 0 Å². The van der Waals surface area contributed by atoms with Gasteiger partial charge in [0.2, 0.25) is 0 Å². The number of hydrogen-bond acceptors (Lipinski definition) is 3. The van der Waals surface area contributed by atoms with Crippen molar-refractivity contribution >= 4 is 0 Å². The molecule has 0 fully saturated rings. The molecule has 4 N–H and O–H groups in total. The van der Waals surface area contributed by atoms with Crippen molar-refractivity contribution < 1.29 is 14.6 Å². The lowest BCUT2D eigenvalue weighted by atomic mass is 10.1. The van der Waals surface area contributed by atoms with E-state index in [1.165, 1.54) is 12.1 Å². The zero-order chi connectivity index (χ0) is 9.14. The van der Waals surface area contributed by atoms with Gasteiger partial charge >= 0.3 is 0 Å². The second-order valence-electron chi connectivity index (χ2n) is 2.50. The number of aromatic hydroxyl groups is 1. The van der Waals surface area contributed by atoms with Gasteiger partial charge in [-0.2, -0.15) is 0 Å². The molecule has 0 aliphatic carbocycles. The highest BCUT2D eigenvalue weighted by Crippen LogP contribution is 2.19. The van der Waals surface area contributed by atoms with Gasteiger partial charge < -0.3 is 15.9 Å². The first-order chi connectivity index (χ1) is 5.65. The van der Waals surface area contributed by atoms with Gasteiger partial charge in [-0.25, -0.2) is 4.39 Å². The molecule has 0 bridgehead atoms. The Kier molecular flexibility index (Phi) is 2.62. The van der Waals surface area contributed by atoms with Gasteiger partial charge in [-0.05, 0) is 17.7 Å². The van der Waals surface area contributed by atoms with Crippen LogP contribution < -0.4 is 5.73 Å². The summed E-state index contributed by atoms with van der Waals surface area (Å²) in [7, 11) is 0. The first-order valence-corrected chi connectivity index (χ1v) is 3.50. The maximum Gasteiger partial charge on any atom is 0.165 e. The van der Waals surface area contributed by atoms with Gasteiger partial charge in [0.05, 0.1) is 12.6 Å². The quantitative estimate of drug-likeness (QED) is 0.607. The minimum Gasteiger partial charge on any atom is -0.505 e. The number of aliphatic hydroxyl groups excluding tert-OH is 1. The maximum absolute atomic E-state index is 12.7. The average molecular weight is 171 g/mol. The Bertz CT molecular complexity index is 278. The molecule has 0 aliphatic heterocycles. The van der Waals surface area contributed by atoms with E-state index in [0.29, 0.717) is 5.56 Å². The van der Waals surface area contributed by atoms with Crippen molar-refractivity contribution in [1.29, 1.82) is 0 Å². The van der Waals surface area contributed by atoms with E-state index in [1.807, 2.05) is 0 Å². The summed E-state index contributed by atoms with van der Waals surface area (Å²) in [5.74, 6) is -1.14. The van der Waals surface area contributed by atoms with Crippen LogP contribution in [0.4, 0.5) is 4.39 Å². The van der Waals surface area contributed by atoms with Crippen LogP contribution in [0.2, 0.25) is 0 Å². The lowest BCUT2D eigenvalue weighted by molar-refractivity contribution is 0.267. The Morgan fingerprint density at radius 1 is 1.50 bits per heavy atom. The minimum absolute atomic E-state index is 0.246. The van der Waals surface area contributed by atoms with Crippen LogP contribution in [0.1, 0.15) is 11.6 Å². The van der Waals surface area contributed by atoms with E-state index in [-0.39, 0.29) is 6.61 Å². The van der Waals surface area contributed by atoms with Crippen molar-refractivity contribution in [2.24, 2.45) is 5.73 Å². The van der Waals surface area contributed by atoms with Gasteiger partial charge in [-0.1, -0.05) is 6.07 Å². The third-order valence-electron chi connectivity index (χ3n) is 1.60. The van der Waals surface area contributed by atoms with Crippen LogP contribution in [0, 0.1) is 5.82 Å². The van der Waals surface area contributed by atoms with Gasteiger partial charge in [-0.3, -0.25) is 0 Å². The van der Waals surface area contributed by atoms with Crippen molar-refractivity contribution in [2.75, 3.05) is 6.61 Å². The summed E-state index contributed by atoms with van der Waals surface area (Å²) in [6, 6.07) is 3.19. The molecule has 0 amide bonds. The van der Waals surface area contributed by atoms with Crippen LogP contribution in [0.5, 0.6) is 5.75 Å². The smallest absolute Gasteiger partial charge is 0.165 e. The first-order valence-electron chi connectivity index (χ1n) is 3.50. The van der Waals surface area contributed by atoms with Crippen LogP contribution in [-0.2, 0) is 0 Å². The summed E-state index contributed by atoms with van der Waals surface area (Å²) < 4.78 is 12.7. The highest BCUT2D eigenvalue weighted by Gasteiger charge is 2.07. The Morgan fingerprint density at radius 3 is 2.67 bits per heavy atom. The predicted octanol–water partition coefficient (Wildman–Crippen LogP) is 0.523. The minimum atomic E-state index is -0.726. The fourth-order valence-corrected chi connectivity index (χ4v) is 0.859. The normalized spacial score (nSPS) is 12.9.